The molecule has 0 fully saturated rings. The summed E-state index contributed by atoms with van der Waals surface area (Å²) in [6, 6.07) is 0.614. The highest BCUT2D eigenvalue weighted by Gasteiger charge is 2.16. The van der Waals surface area contributed by atoms with E-state index in [1.54, 1.807) is 0 Å². The van der Waals surface area contributed by atoms with E-state index in [0.29, 0.717) is 11.5 Å². The molecular formula is C17H37N. The highest BCUT2D eigenvalue weighted by Crippen LogP contribution is 2.23. The van der Waals surface area contributed by atoms with Crippen molar-refractivity contribution in [3.63, 3.8) is 0 Å². The number of unbranched alkanes of at least 4 members (excludes halogenated alkanes) is 7. The lowest BCUT2D eigenvalue weighted by Gasteiger charge is -2.26. The maximum Gasteiger partial charge on any atom is 0.00106 e. The minimum absolute atomic E-state index is 0.465. The van der Waals surface area contributed by atoms with E-state index in [-0.39, 0.29) is 0 Å². The summed E-state index contributed by atoms with van der Waals surface area (Å²) in [5.41, 5.74) is 0.465. The molecule has 0 atom stereocenters. The molecule has 0 heterocycles. The Kier molecular flexibility index (Phi) is 10.8. The topological polar surface area (TPSA) is 12.0 Å². The van der Waals surface area contributed by atoms with Gasteiger partial charge >= 0.3 is 0 Å². The second-order valence-electron chi connectivity index (χ2n) is 6.92. The van der Waals surface area contributed by atoms with E-state index >= 15 is 0 Å². The van der Waals surface area contributed by atoms with E-state index in [0.717, 1.165) is 6.54 Å². The molecule has 0 saturated heterocycles. The minimum Gasteiger partial charge on any atom is -0.314 e. The maximum absolute atomic E-state index is 3.56. The Balaban J connectivity index is 3.35. The average molecular weight is 255 g/mol. The number of hydrogen-bond acceptors (Lipinski definition) is 1. The zero-order valence-corrected chi connectivity index (χ0v) is 13.6. The van der Waals surface area contributed by atoms with Crippen LogP contribution in [0.15, 0.2) is 0 Å². The largest absolute Gasteiger partial charge is 0.314 e. The van der Waals surface area contributed by atoms with Crippen LogP contribution >= 0.6 is 0 Å². The standard InChI is InChI=1S/C17H37N/c1-6-7-8-9-10-11-12-13-14-17(4,5)15-18-16(2)3/h16,18H,6-15H2,1-5H3. The molecule has 0 amide bonds. The normalized spacial score (nSPS) is 12.3. The molecule has 0 aromatic heterocycles. The van der Waals surface area contributed by atoms with E-state index in [1.165, 1.54) is 57.8 Å². The predicted molar refractivity (Wildman–Crippen MR) is 84.1 cm³/mol. The molecule has 0 bridgehead atoms. The third-order valence-electron chi connectivity index (χ3n) is 3.70. The lowest BCUT2D eigenvalue weighted by atomic mass is 9.86. The molecule has 0 aliphatic heterocycles. The van der Waals surface area contributed by atoms with Gasteiger partial charge in [-0.25, -0.2) is 0 Å². The summed E-state index contributed by atoms with van der Waals surface area (Å²) in [4.78, 5) is 0. The van der Waals surface area contributed by atoms with Crippen molar-refractivity contribution >= 4 is 0 Å². The Labute approximate surface area is 116 Å². The van der Waals surface area contributed by atoms with E-state index in [1.807, 2.05) is 0 Å². The fourth-order valence-corrected chi connectivity index (χ4v) is 2.31. The molecule has 0 aliphatic rings. The number of rotatable bonds is 12. The molecule has 1 heteroatoms. The van der Waals surface area contributed by atoms with Crippen molar-refractivity contribution in [3.05, 3.63) is 0 Å². The van der Waals surface area contributed by atoms with E-state index in [2.05, 4.69) is 39.9 Å². The highest BCUT2D eigenvalue weighted by atomic mass is 14.9. The van der Waals surface area contributed by atoms with Crippen molar-refractivity contribution in [1.82, 2.24) is 5.32 Å². The van der Waals surface area contributed by atoms with Gasteiger partial charge in [0.2, 0.25) is 0 Å². The van der Waals surface area contributed by atoms with Gasteiger partial charge in [0.15, 0.2) is 0 Å². The predicted octanol–water partition coefficient (Wildman–Crippen LogP) is 5.54. The first kappa shape index (κ1) is 18.0. The van der Waals surface area contributed by atoms with Crippen molar-refractivity contribution < 1.29 is 0 Å². The summed E-state index contributed by atoms with van der Waals surface area (Å²) >= 11 is 0. The quantitative estimate of drug-likeness (QED) is 0.451. The van der Waals surface area contributed by atoms with Crippen molar-refractivity contribution in [2.75, 3.05) is 6.54 Å². The van der Waals surface area contributed by atoms with Crippen LogP contribution in [-0.2, 0) is 0 Å². The van der Waals surface area contributed by atoms with Gasteiger partial charge in [0.1, 0.15) is 0 Å². The minimum atomic E-state index is 0.465. The first-order valence-electron chi connectivity index (χ1n) is 8.21. The molecule has 0 radical (unpaired) electrons. The fourth-order valence-electron chi connectivity index (χ4n) is 2.31. The lowest BCUT2D eigenvalue weighted by Crippen LogP contribution is -2.33. The number of hydrogen-bond donors (Lipinski definition) is 1. The van der Waals surface area contributed by atoms with Crippen molar-refractivity contribution in [2.45, 2.75) is 98.4 Å². The molecule has 0 spiro atoms. The maximum atomic E-state index is 3.56. The van der Waals surface area contributed by atoms with Gasteiger partial charge in [0.05, 0.1) is 0 Å². The van der Waals surface area contributed by atoms with Gasteiger partial charge in [-0.3, -0.25) is 0 Å². The zero-order chi connectivity index (χ0) is 13.9. The van der Waals surface area contributed by atoms with Gasteiger partial charge in [-0.2, -0.15) is 0 Å². The fraction of sp³-hybridized carbons (Fsp3) is 1.00. The Morgan fingerprint density at radius 1 is 0.833 bits per heavy atom. The molecule has 110 valence electrons. The van der Waals surface area contributed by atoms with Crippen LogP contribution in [0, 0.1) is 5.41 Å². The second-order valence-corrected chi connectivity index (χ2v) is 6.92. The summed E-state index contributed by atoms with van der Waals surface area (Å²) in [6.45, 7) is 12.7. The monoisotopic (exact) mass is 255 g/mol. The third kappa shape index (κ3) is 12.4. The average Bonchev–Trinajstić information content (AvgIpc) is 2.30. The van der Waals surface area contributed by atoms with Crippen molar-refractivity contribution in [2.24, 2.45) is 5.41 Å². The molecule has 0 unspecified atom stereocenters. The van der Waals surface area contributed by atoms with E-state index < -0.39 is 0 Å². The molecule has 0 aromatic rings. The van der Waals surface area contributed by atoms with Gasteiger partial charge in [-0.15, -0.1) is 0 Å². The summed E-state index contributed by atoms with van der Waals surface area (Å²) in [7, 11) is 0. The summed E-state index contributed by atoms with van der Waals surface area (Å²) in [6.07, 6.45) is 12.8. The van der Waals surface area contributed by atoms with Crippen LogP contribution in [0.5, 0.6) is 0 Å². The molecule has 0 rings (SSSR count). The molecule has 18 heavy (non-hydrogen) atoms. The summed E-state index contributed by atoms with van der Waals surface area (Å²) < 4.78 is 0. The van der Waals surface area contributed by atoms with Crippen LogP contribution in [0.1, 0.15) is 92.4 Å². The van der Waals surface area contributed by atoms with E-state index in [4.69, 9.17) is 0 Å². The van der Waals surface area contributed by atoms with Gasteiger partial charge < -0.3 is 5.32 Å². The van der Waals surface area contributed by atoms with Crippen LogP contribution < -0.4 is 5.32 Å². The van der Waals surface area contributed by atoms with Gasteiger partial charge in [0, 0.05) is 12.6 Å². The van der Waals surface area contributed by atoms with E-state index in [9.17, 15) is 0 Å². The first-order chi connectivity index (χ1) is 8.48. The molecule has 0 saturated carbocycles. The van der Waals surface area contributed by atoms with Crippen LogP contribution in [-0.4, -0.2) is 12.6 Å². The van der Waals surface area contributed by atoms with Crippen LogP contribution in [0.4, 0.5) is 0 Å². The Bertz CT molecular complexity index is 172. The summed E-state index contributed by atoms with van der Waals surface area (Å²) in [5.74, 6) is 0. The molecular weight excluding hydrogens is 218 g/mol. The third-order valence-corrected chi connectivity index (χ3v) is 3.70. The Morgan fingerprint density at radius 2 is 1.33 bits per heavy atom. The highest BCUT2D eigenvalue weighted by molar-refractivity contribution is 4.72. The smallest absolute Gasteiger partial charge is 0.00106 e. The van der Waals surface area contributed by atoms with Crippen molar-refractivity contribution in [3.8, 4) is 0 Å². The van der Waals surface area contributed by atoms with Gasteiger partial charge in [-0.05, 0) is 11.8 Å². The summed E-state index contributed by atoms with van der Waals surface area (Å²) in [5, 5.41) is 3.56. The van der Waals surface area contributed by atoms with Crippen LogP contribution in [0.3, 0.4) is 0 Å². The second kappa shape index (κ2) is 10.8. The Morgan fingerprint density at radius 3 is 1.83 bits per heavy atom. The van der Waals surface area contributed by atoms with Crippen LogP contribution in [0.25, 0.3) is 0 Å². The molecule has 0 aromatic carbocycles. The first-order valence-corrected chi connectivity index (χ1v) is 8.21. The molecule has 1 N–H and O–H groups in total. The van der Waals surface area contributed by atoms with Gasteiger partial charge in [-0.1, -0.05) is 86.0 Å². The van der Waals surface area contributed by atoms with Gasteiger partial charge in [0.25, 0.3) is 0 Å². The van der Waals surface area contributed by atoms with Crippen LogP contribution in [0.2, 0.25) is 0 Å². The molecule has 0 aliphatic carbocycles. The zero-order valence-electron chi connectivity index (χ0n) is 13.6. The SMILES string of the molecule is CCCCCCCCCCC(C)(C)CNC(C)C. The Hall–Kier alpha value is -0.0400. The molecule has 1 nitrogen and oxygen atoms in total. The lowest BCUT2D eigenvalue weighted by molar-refractivity contribution is 0.292. The van der Waals surface area contributed by atoms with Crippen molar-refractivity contribution in [1.29, 1.82) is 0 Å². The number of nitrogens with one attached hydrogen (secondary N) is 1.